The Morgan fingerprint density at radius 1 is 1.55 bits per heavy atom. The Balaban J connectivity index is 2.50. The van der Waals surface area contributed by atoms with E-state index < -0.39 is 22.0 Å². The second-order valence-electron chi connectivity index (χ2n) is 4.98. The molecule has 0 saturated carbocycles. The number of carboxylic acids is 1. The molecule has 1 heterocycles. The number of nitrogens with one attached hydrogen (secondary N) is 1. The largest absolute Gasteiger partial charge is 0.480 e. The number of carboxylic acid groups (broad SMARTS) is 1. The topological polar surface area (TPSA) is 106 Å². The van der Waals surface area contributed by atoms with Crippen molar-refractivity contribution in [2.75, 3.05) is 0 Å². The average Bonchev–Trinajstić information content (AvgIpc) is 2.87. The van der Waals surface area contributed by atoms with Crippen LogP contribution in [0.15, 0.2) is 22.8 Å². The zero-order valence-corrected chi connectivity index (χ0v) is 12.6. The third-order valence-electron chi connectivity index (χ3n) is 2.88. The Kier molecular flexibility index (Phi) is 5.64. The van der Waals surface area contributed by atoms with Crippen LogP contribution in [0.25, 0.3) is 0 Å². The number of aliphatic carboxylic acids is 1. The number of hydrogen-bond donors (Lipinski definition) is 3. The van der Waals surface area contributed by atoms with Gasteiger partial charge < -0.3 is 20.6 Å². The lowest BCUT2D eigenvalue weighted by Gasteiger charge is -2.30. The van der Waals surface area contributed by atoms with Crippen molar-refractivity contribution in [3.8, 4) is 0 Å². The van der Waals surface area contributed by atoms with Gasteiger partial charge in [-0.25, -0.2) is 0 Å². The minimum Gasteiger partial charge on any atom is -0.480 e. The highest BCUT2D eigenvalue weighted by Crippen LogP contribution is 2.31. The normalized spacial score (nSPS) is 14.6. The van der Waals surface area contributed by atoms with Crippen LogP contribution in [0, 0.1) is 0 Å². The van der Waals surface area contributed by atoms with Gasteiger partial charge in [-0.05, 0) is 32.9 Å². The number of amides is 1. The highest BCUT2D eigenvalue weighted by atomic mass is 32.2. The monoisotopic (exact) mass is 300 g/mol. The molecule has 0 aliphatic heterocycles. The maximum atomic E-state index is 11.9. The van der Waals surface area contributed by atoms with Crippen LogP contribution in [0.3, 0.4) is 0 Å². The Labute approximate surface area is 122 Å². The molecule has 0 fully saturated rings. The maximum Gasteiger partial charge on any atom is 0.321 e. The third-order valence-corrected chi connectivity index (χ3v) is 4.31. The summed E-state index contributed by atoms with van der Waals surface area (Å²) in [6.45, 7) is 5.46. The van der Waals surface area contributed by atoms with E-state index in [1.807, 2.05) is 0 Å². The van der Waals surface area contributed by atoms with Gasteiger partial charge in [0.15, 0.2) is 0 Å². The molecule has 0 saturated heterocycles. The van der Waals surface area contributed by atoms with Gasteiger partial charge in [0.25, 0.3) is 0 Å². The molecule has 0 aliphatic rings. The molecule has 0 aromatic carbocycles. The number of rotatable bonds is 7. The van der Waals surface area contributed by atoms with E-state index in [0.717, 1.165) is 0 Å². The molecule has 0 spiro atoms. The van der Waals surface area contributed by atoms with Crippen LogP contribution in [0.2, 0.25) is 0 Å². The highest BCUT2D eigenvalue weighted by molar-refractivity contribution is 8.02. The van der Waals surface area contributed by atoms with Crippen LogP contribution in [-0.2, 0) is 16.1 Å². The summed E-state index contributed by atoms with van der Waals surface area (Å²) in [6, 6.07) is 2.48. The van der Waals surface area contributed by atoms with Crippen LogP contribution < -0.4 is 11.1 Å². The first-order valence-electron chi connectivity index (χ1n) is 6.20. The first-order valence-corrected chi connectivity index (χ1v) is 7.08. The number of nitrogens with two attached hydrogens (primary N) is 1. The molecule has 2 atom stereocenters. The quantitative estimate of drug-likeness (QED) is 0.699. The van der Waals surface area contributed by atoms with Crippen molar-refractivity contribution in [1.82, 2.24) is 5.32 Å². The molecular weight excluding hydrogens is 280 g/mol. The fourth-order valence-corrected chi connectivity index (χ4v) is 2.96. The molecule has 20 heavy (non-hydrogen) atoms. The lowest BCUT2D eigenvalue weighted by Crippen LogP contribution is -2.48. The Bertz CT molecular complexity index is 459. The van der Waals surface area contributed by atoms with Crippen LogP contribution >= 0.6 is 11.8 Å². The zero-order valence-electron chi connectivity index (χ0n) is 11.8. The lowest BCUT2D eigenvalue weighted by atomic mass is 10.1. The molecule has 1 unspecified atom stereocenters. The fourth-order valence-electron chi connectivity index (χ4n) is 1.61. The third kappa shape index (κ3) is 4.57. The Hall–Kier alpha value is -1.47. The Morgan fingerprint density at radius 2 is 2.20 bits per heavy atom. The van der Waals surface area contributed by atoms with Gasteiger partial charge in [0.05, 0.1) is 18.1 Å². The summed E-state index contributed by atoms with van der Waals surface area (Å²) in [5.74, 6) is -0.597. The van der Waals surface area contributed by atoms with E-state index in [1.54, 1.807) is 32.9 Å². The van der Waals surface area contributed by atoms with E-state index >= 15 is 0 Å². The summed E-state index contributed by atoms with van der Waals surface area (Å²) in [5.41, 5.74) is 5.63. The van der Waals surface area contributed by atoms with Crippen molar-refractivity contribution in [2.45, 2.75) is 43.4 Å². The number of hydrogen-bond acceptors (Lipinski definition) is 5. The number of thioether (sulfide) groups is 1. The molecule has 112 valence electrons. The van der Waals surface area contributed by atoms with Crippen molar-refractivity contribution < 1.29 is 19.1 Å². The summed E-state index contributed by atoms with van der Waals surface area (Å²) < 4.78 is 4.37. The minimum atomic E-state index is -1.08. The number of carbonyl (C=O) groups is 2. The van der Waals surface area contributed by atoms with Crippen LogP contribution in [-0.4, -0.2) is 33.0 Å². The highest BCUT2D eigenvalue weighted by Gasteiger charge is 2.35. The summed E-state index contributed by atoms with van der Waals surface area (Å²) in [6.07, 6.45) is 1.54. The summed E-state index contributed by atoms with van der Waals surface area (Å²) in [7, 11) is 0. The molecule has 1 aromatic heterocycles. The molecular formula is C13H20N2O4S. The summed E-state index contributed by atoms with van der Waals surface area (Å²) in [4.78, 5) is 22.9. The maximum absolute atomic E-state index is 11.9. The average molecular weight is 300 g/mol. The number of carbonyl (C=O) groups excluding carboxylic acids is 1. The summed E-state index contributed by atoms with van der Waals surface area (Å²) >= 11 is 1.24. The Morgan fingerprint density at radius 3 is 2.70 bits per heavy atom. The van der Waals surface area contributed by atoms with E-state index in [4.69, 9.17) is 15.3 Å². The van der Waals surface area contributed by atoms with E-state index in [2.05, 4.69) is 5.32 Å². The number of furan rings is 1. The molecule has 0 aliphatic carbocycles. The molecule has 4 N–H and O–H groups in total. The van der Waals surface area contributed by atoms with Gasteiger partial charge in [-0.1, -0.05) is 0 Å². The molecule has 6 nitrogen and oxygen atoms in total. The van der Waals surface area contributed by atoms with E-state index in [0.29, 0.717) is 12.3 Å². The van der Waals surface area contributed by atoms with Crippen molar-refractivity contribution in [2.24, 2.45) is 5.73 Å². The van der Waals surface area contributed by atoms with Crippen LogP contribution in [0.5, 0.6) is 0 Å². The fraction of sp³-hybridized carbons (Fsp3) is 0.538. The lowest BCUT2D eigenvalue weighted by molar-refractivity contribution is -0.139. The van der Waals surface area contributed by atoms with Crippen molar-refractivity contribution in [1.29, 1.82) is 0 Å². The van der Waals surface area contributed by atoms with Crippen molar-refractivity contribution in [3.63, 3.8) is 0 Å². The van der Waals surface area contributed by atoms with E-state index in [9.17, 15) is 9.59 Å². The van der Waals surface area contributed by atoms with Gasteiger partial charge in [0.1, 0.15) is 11.8 Å². The molecule has 1 rings (SSSR count). The predicted octanol–water partition coefficient (Wildman–Crippen LogP) is 1.21. The smallest absolute Gasteiger partial charge is 0.321 e. The van der Waals surface area contributed by atoms with Gasteiger partial charge in [-0.2, -0.15) is 0 Å². The summed E-state index contributed by atoms with van der Waals surface area (Å²) in [5, 5.41) is 11.3. The molecule has 1 amide bonds. The van der Waals surface area contributed by atoms with Gasteiger partial charge in [-0.15, -0.1) is 11.8 Å². The van der Waals surface area contributed by atoms with Gasteiger partial charge in [0, 0.05) is 4.75 Å². The van der Waals surface area contributed by atoms with Gasteiger partial charge in [-0.3, -0.25) is 9.59 Å². The first-order chi connectivity index (χ1) is 9.24. The van der Waals surface area contributed by atoms with E-state index in [1.165, 1.54) is 18.0 Å². The predicted molar refractivity (Wildman–Crippen MR) is 77.3 cm³/mol. The van der Waals surface area contributed by atoms with Gasteiger partial charge >= 0.3 is 5.97 Å². The standard InChI is InChI=1S/C13H20N2O4S/c1-8(20-13(2,3)10(14)12(17)18)11(16)15-7-9-5-4-6-19-9/h4-6,8,10H,7,14H2,1-3H3,(H,15,16)(H,17,18)/t8?,10-/m0/s1. The molecule has 0 bridgehead atoms. The van der Waals surface area contributed by atoms with Crippen molar-refractivity contribution in [3.05, 3.63) is 24.2 Å². The zero-order chi connectivity index (χ0) is 15.3. The van der Waals surface area contributed by atoms with Crippen LogP contribution in [0.4, 0.5) is 0 Å². The SMILES string of the molecule is CC(SC(C)(C)[C@@H](N)C(=O)O)C(=O)NCc1ccco1. The van der Waals surface area contributed by atoms with Gasteiger partial charge in [0.2, 0.25) is 5.91 Å². The van der Waals surface area contributed by atoms with E-state index in [-0.39, 0.29) is 5.91 Å². The first kappa shape index (κ1) is 16.6. The minimum absolute atomic E-state index is 0.183. The second-order valence-corrected chi connectivity index (χ2v) is 6.97. The molecule has 1 aromatic rings. The second kappa shape index (κ2) is 6.81. The van der Waals surface area contributed by atoms with Crippen LogP contribution in [0.1, 0.15) is 26.5 Å². The molecule has 7 heteroatoms. The van der Waals surface area contributed by atoms with Crippen molar-refractivity contribution >= 4 is 23.6 Å². The molecule has 0 radical (unpaired) electrons.